The van der Waals surface area contributed by atoms with Gasteiger partial charge < -0.3 is 9.67 Å². The predicted octanol–water partition coefficient (Wildman–Crippen LogP) is 4.67. The molecule has 132 valence electrons. The van der Waals surface area contributed by atoms with Crippen molar-refractivity contribution in [2.24, 2.45) is 5.92 Å². The normalized spacial score (nSPS) is 17.1. The molecule has 1 N–H and O–H groups in total. The quantitative estimate of drug-likeness (QED) is 0.744. The first kappa shape index (κ1) is 16.5. The van der Waals surface area contributed by atoms with Gasteiger partial charge in [-0.3, -0.25) is 4.98 Å². The number of allylic oxidation sites excluding steroid dienone is 2. The molecule has 0 amide bonds. The summed E-state index contributed by atoms with van der Waals surface area (Å²) in [4.78, 5) is 8.24. The molecule has 1 atom stereocenters. The van der Waals surface area contributed by atoms with E-state index in [9.17, 15) is 5.11 Å². The van der Waals surface area contributed by atoms with Crippen LogP contribution >= 0.6 is 0 Å². The van der Waals surface area contributed by atoms with Gasteiger partial charge in [-0.2, -0.15) is 0 Å². The van der Waals surface area contributed by atoms with E-state index in [0.29, 0.717) is 17.0 Å². The molecular weight excluding hydrogens is 329 g/mol. The number of phenols is 1. The number of aromatic hydroxyl groups is 1. The number of nitrogens with zero attached hydrogens (tertiary/aromatic N) is 3. The molecule has 0 saturated heterocycles. The summed E-state index contributed by atoms with van der Waals surface area (Å²) in [5.41, 5.74) is 2.21. The topological polar surface area (TPSA) is 50.9 Å². The van der Waals surface area contributed by atoms with Crippen LogP contribution in [0.15, 0.2) is 61.3 Å². The Bertz CT molecular complexity index is 934. The van der Waals surface area contributed by atoms with Crippen molar-refractivity contribution < 1.29 is 9.50 Å². The lowest BCUT2D eigenvalue weighted by atomic mass is 9.86. The molecule has 2 aromatic heterocycles. The number of hydrogen-bond donors (Lipinski definition) is 1. The number of phenolic OH excluding ortho intramolecular Hbond substituents is 1. The molecular formula is C21H20FN3O. The standard InChI is InChI=1S/C21H20FN3O/c22-20-17(9-10-24-21(20)18-3-1-2-4-19(18)26)16-7-5-15(6-8-16)13-25-12-11-23-14-25/h1-4,7,9-12,14-15,26H,5-6,8,13H2. The zero-order valence-corrected chi connectivity index (χ0v) is 14.3. The number of benzene rings is 1. The first-order valence-corrected chi connectivity index (χ1v) is 8.80. The fourth-order valence-electron chi connectivity index (χ4n) is 3.55. The van der Waals surface area contributed by atoms with Crippen molar-refractivity contribution in [3.8, 4) is 17.0 Å². The number of para-hydroxylation sites is 1. The van der Waals surface area contributed by atoms with Gasteiger partial charge in [0.05, 0.1) is 6.33 Å². The summed E-state index contributed by atoms with van der Waals surface area (Å²) in [5, 5.41) is 10.0. The lowest BCUT2D eigenvalue weighted by molar-refractivity contribution is 0.413. The van der Waals surface area contributed by atoms with Crippen molar-refractivity contribution in [2.45, 2.75) is 25.8 Å². The fourth-order valence-corrected chi connectivity index (χ4v) is 3.55. The van der Waals surface area contributed by atoms with E-state index < -0.39 is 0 Å². The van der Waals surface area contributed by atoms with Crippen LogP contribution in [0.1, 0.15) is 24.8 Å². The second kappa shape index (κ2) is 7.12. The fraction of sp³-hybridized carbons (Fsp3) is 0.238. The van der Waals surface area contributed by atoms with Gasteiger partial charge in [-0.15, -0.1) is 0 Å². The Balaban J connectivity index is 1.58. The number of halogens is 1. The summed E-state index contributed by atoms with van der Waals surface area (Å²) in [5.74, 6) is 0.206. The SMILES string of the molecule is Oc1ccccc1-c1nccc(C2=CCC(Cn3ccnc3)CC2)c1F. The average molecular weight is 349 g/mol. The van der Waals surface area contributed by atoms with Crippen LogP contribution in [-0.4, -0.2) is 19.6 Å². The van der Waals surface area contributed by atoms with Crippen LogP contribution in [-0.2, 0) is 6.54 Å². The van der Waals surface area contributed by atoms with Crippen molar-refractivity contribution >= 4 is 5.57 Å². The smallest absolute Gasteiger partial charge is 0.157 e. The van der Waals surface area contributed by atoms with Gasteiger partial charge >= 0.3 is 0 Å². The van der Waals surface area contributed by atoms with E-state index >= 15 is 4.39 Å². The number of pyridine rings is 1. The van der Waals surface area contributed by atoms with Gasteiger partial charge in [0.1, 0.15) is 11.4 Å². The van der Waals surface area contributed by atoms with Crippen molar-refractivity contribution in [1.29, 1.82) is 0 Å². The molecule has 0 radical (unpaired) electrons. The van der Waals surface area contributed by atoms with Crippen molar-refractivity contribution in [1.82, 2.24) is 14.5 Å². The van der Waals surface area contributed by atoms with Crippen molar-refractivity contribution in [2.75, 3.05) is 0 Å². The number of hydrogen-bond acceptors (Lipinski definition) is 3. The minimum absolute atomic E-state index is 0.0362. The monoisotopic (exact) mass is 349 g/mol. The van der Waals surface area contributed by atoms with Gasteiger partial charge in [0.2, 0.25) is 0 Å². The summed E-state index contributed by atoms with van der Waals surface area (Å²) >= 11 is 0. The second-order valence-electron chi connectivity index (χ2n) is 6.67. The van der Waals surface area contributed by atoms with Gasteiger partial charge in [-0.25, -0.2) is 9.37 Å². The highest BCUT2D eigenvalue weighted by molar-refractivity contribution is 5.74. The zero-order valence-electron chi connectivity index (χ0n) is 14.3. The Morgan fingerprint density at radius 1 is 1.15 bits per heavy atom. The highest BCUT2D eigenvalue weighted by atomic mass is 19.1. The molecule has 1 aliphatic carbocycles. The first-order chi connectivity index (χ1) is 12.7. The third-order valence-corrected chi connectivity index (χ3v) is 4.94. The molecule has 4 nitrogen and oxygen atoms in total. The van der Waals surface area contributed by atoms with Crippen LogP contribution in [0, 0.1) is 11.7 Å². The Kier molecular flexibility index (Phi) is 4.52. The van der Waals surface area contributed by atoms with Crippen molar-refractivity contribution in [3.05, 3.63) is 72.7 Å². The molecule has 4 rings (SSSR count). The molecule has 2 heterocycles. The van der Waals surface area contributed by atoms with E-state index in [1.54, 1.807) is 42.7 Å². The van der Waals surface area contributed by atoms with Crippen molar-refractivity contribution in [3.63, 3.8) is 0 Å². The molecule has 0 spiro atoms. The molecule has 0 bridgehead atoms. The highest BCUT2D eigenvalue weighted by Crippen LogP contribution is 2.36. The van der Waals surface area contributed by atoms with E-state index in [4.69, 9.17) is 0 Å². The van der Waals surface area contributed by atoms with Gasteiger partial charge in [0, 0.05) is 36.3 Å². The lowest BCUT2D eigenvalue weighted by Gasteiger charge is -2.23. The molecule has 5 heteroatoms. The van der Waals surface area contributed by atoms with Crippen LogP contribution in [0.3, 0.4) is 0 Å². The van der Waals surface area contributed by atoms with Crippen LogP contribution in [0.5, 0.6) is 5.75 Å². The number of aromatic nitrogens is 3. The maximum absolute atomic E-state index is 15.1. The van der Waals surface area contributed by atoms with Crippen LogP contribution < -0.4 is 0 Å². The average Bonchev–Trinajstić information content (AvgIpc) is 3.17. The summed E-state index contributed by atoms with van der Waals surface area (Å²) in [7, 11) is 0. The van der Waals surface area contributed by atoms with E-state index in [-0.39, 0.29) is 17.3 Å². The molecule has 0 aliphatic heterocycles. The third-order valence-electron chi connectivity index (χ3n) is 4.94. The predicted molar refractivity (Wildman–Crippen MR) is 98.8 cm³/mol. The van der Waals surface area contributed by atoms with Crippen LogP contribution in [0.2, 0.25) is 0 Å². The molecule has 0 fully saturated rings. The van der Waals surface area contributed by atoms with Gasteiger partial charge in [-0.1, -0.05) is 18.2 Å². The maximum Gasteiger partial charge on any atom is 0.157 e. The Hall–Kier alpha value is -2.95. The zero-order chi connectivity index (χ0) is 17.9. The minimum atomic E-state index is -0.367. The molecule has 3 aromatic rings. The van der Waals surface area contributed by atoms with Crippen LogP contribution in [0.4, 0.5) is 4.39 Å². The maximum atomic E-state index is 15.1. The third kappa shape index (κ3) is 3.25. The Labute approximate surface area is 151 Å². The van der Waals surface area contributed by atoms with E-state index in [1.165, 1.54) is 0 Å². The molecule has 0 saturated carbocycles. The molecule has 26 heavy (non-hydrogen) atoms. The van der Waals surface area contributed by atoms with Crippen LogP contribution in [0.25, 0.3) is 16.8 Å². The Morgan fingerprint density at radius 2 is 2.04 bits per heavy atom. The summed E-state index contributed by atoms with van der Waals surface area (Å²) in [6, 6.07) is 8.43. The largest absolute Gasteiger partial charge is 0.507 e. The number of rotatable bonds is 4. The second-order valence-corrected chi connectivity index (χ2v) is 6.67. The highest BCUT2D eigenvalue weighted by Gasteiger charge is 2.20. The lowest BCUT2D eigenvalue weighted by Crippen LogP contribution is -2.13. The summed E-state index contributed by atoms with van der Waals surface area (Å²) in [6.07, 6.45) is 12.1. The minimum Gasteiger partial charge on any atom is -0.507 e. The first-order valence-electron chi connectivity index (χ1n) is 8.80. The molecule has 1 unspecified atom stereocenters. The van der Waals surface area contributed by atoms with E-state index in [1.807, 2.05) is 12.5 Å². The molecule has 1 aromatic carbocycles. The van der Waals surface area contributed by atoms with E-state index in [0.717, 1.165) is 31.4 Å². The number of imidazole rings is 1. The summed E-state index contributed by atoms with van der Waals surface area (Å²) < 4.78 is 17.2. The van der Waals surface area contributed by atoms with E-state index in [2.05, 4.69) is 20.6 Å². The van der Waals surface area contributed by atoms with Gasteiger partial charge in [0.15, 0.2) is 5.82 Å². The van der Waals surface area contributed by atoms with Gasteiger partial charge in [0.25, 0.3) is 0 Å². The summed E-state index contributed by atoms with van der Waals surface area (Å²) in [6.45, 7) is 0.936. The van der Waals surface area contributed by atoms with Gasteiger partial charge in [-0.05, 0) is 49.0 Å². The Morgan fingerprint density at radius 3 is 2.77 bits per heavy atom. The molecule has 1 aliphatic rings.